The Morgan fingerprint density at radius 3 is 2.54 bits per heavy atom. The number of benzene rings is 3. The van der Waals surface area contributed by atoms with Crippen molar-refractivity contribution in [3.05, 3.63) is 59.7 Å². The minimum atomic E-state index is -1.08. The van der Waals surface area contributed by atoms with Crippen LogP contribution < -0.4 is 5.32 Å². The molecule has 0 spiro atoms. The van der Waals surface area contributed by atoms with Crippen molar-refractivity contribution in [2.45, 2.75) is 44.0 Å². The van der Waals surface area contributed by atoms with E-state index < -0.39 is 24.1 Å². The molecule has 0 aliphatic carbocycles. The van der Waals surface area contributed by atoms with Crippen molar-refractivity contribution in [1.82, 2.24) is 19.5 Å². The molecule has 4 atom stereocenters. The van der Waals surface area contributed by atoms with E-state index in [1.165, 1.54) is 0 Å². The van der Waals surface area contributed by atoms with Crippen molar-refractivity contribution in [3.63, 3.8) is 0 Å². The van der Waals surface area contributed by atoms with Gasteiger partial charge in [-0.1, -0.05) is 36.4 Å². The molecule has 4 unspecified atom stereocenters. The van der Waals surface area contributed by atoms with Crippen LogP contribution in [0.1, 0.15) is 35.5 Å². The van der Waals surface area contributed by atoms with Gasteiger partial charge in [0.15, 0.2) is 5.72 Å². The number of carbonyl (C=O) groups is 2. The van der Waals surface area contributed by atoms with Gasteiger partial charge in [-0.05, 0) is 24.6 Å². The van der Waals surface area contributed by atoms with E-state index >= 15 is 0 Å². The van der Waals surface area contributed by atoms with Crippen LogP contribution in [0.4, 0.5) is 0 Å². The molecule has 3 aliphatic rings. The van der Waals surface area contributed by atoms with Crippen LogP contribution in [0.25, 0.3) is 43.6 Å². The fourth-order valence-corrected chi connectivity index (χ4v) is 7.36. The highest BCUT2D eigenvalue weighted by Gasteiger charge is 2.54. The van der Waals surface area contributed by atoms with E-state index in [1.807, 2.05) is 49.4 Å². The molecule has 0 radical (unpaired) electrons. The molecule has 9 heteroatoms. The molecule has 5 aromatic rings. The number of hydroxylamine groups is 2. The van der Waals surface area contributed by atoms with E-state index in [-0.39, 0.29) is 5.91 Å². The number of nitrogens with zero attached hydrogens (tertiary/aromatic N) is 3. The second kappa shape index (κ2) is 6.89. The predicted molar refractivity (Wildman–Crippen MR) is 136 cm³/mol. The lowest BCUT2D eigenvalue weighted by Crippen LogP contribution is -2.60. The van der Waals surface area contributed by atoms with Crippen molar-refractivity contribution in [2.24, 2.45) is 0 Å². The minimum Gasteiger partial charge on any atom is -0.374 e. The number of methoxy groups -OCH3 is 1. The van der Waals surface area contributed by atoms with Crippen molar-refractivity contribution in [2.75, 3.05) is 7.11 Å². The quantitative estimate of drug-likeness (QED) is 0.224. The number of aromatic nitrogens is 2. The molecule has 0 saturated carbocycles. The van der Waals surface area contributed by atoms with Gasteiger partial charge < -0.3 is 23.9 Å². The Bertz CT molecular complexity index is 1840. The molecule has 8 rings (SSSR count). The van der Waals surface area contributed by atoms with E-state index in [9.17, 15) is 14.8 Å². The maximum Gasteiger partial charge on any atom is 0.252 e. The standard InChI is InChI=1S/C28H24N4O5/c1-28-26(36-2)19(30(35)13-33)11-20(37-28)31-17-9-5-3-7-14(17)22-23-16(12-29-27(23)34)21-15-8-4-6-10-18(15)32(28)25(21)24(22)31/h3-10,13,19-20,26,35H,11-12H2,1-2H3,(H,29,34). The minimum absolute atomic E-state index is 0.0777. The molecular formula is C28H24N4O5. The molecule has 186 valence electrons. The fraction of sp³-hybridized carbons (Fsp3) is 0.286. The molecule has 2 amide bonds. The van der Waals surface area contributed by atoms with Gasteiger partial charge in [-0.3, -0.25) is 14.8 Å². The maximum atomic E-state index is 13.3. The number of fused-ring (bicyclic) bond motifs is 13. The second-order valence-corrected chi connectivity index (χ2v) is 10.3. The van der Waals surface area contributed by atoms with E-state index in [0.717, 1.165) is 49.2 Å². The summed E-state index contributed by atoms with van der Waals surface area (Å²) in [7, 11) is 1.58. The zero-order valence-corrected chi connectivity index (χ0v) is 20.3. The van der Waals surface area contributed by atoms with Crippen LogP contribution in [0, 0.1) is 0 Å². The molecule has 2 N–H and O–H groups in total. The largest absolute Gasteiger partial charge is 0.374 e. The highest BCUT2D eigenvalue weighted by atomic mass is 16.6. The predicted octanol–water partition coefficient (Wildman–Crippen LogP) is 3.98. The average Bonchev–Trinajstić information content (AvgIpc) is 3.55. The van der Waals surface area contributed by atoms with Gasteiger partial charge in [-0.2, -0.15) is 0 Å². The summed E-state index contributed by atoms with van der Waals surface area (Å²) >= 11 is 0. The SMILES string of the molecule is COC1C(N(O)C=O)CC2OC1(C)n1c3ccccc3c3c4c(c5c6ccccc6n2c5c31)C(=O)NC4. The summed E-state index contributed by atoms with van der Waals surface area (Å²) in [5.74, 6) is -0.0777. The number of rotatable bonds is 3. The first-order valence-electron chi connectivity index (χ1n) is 12.4. The first-order valence-corrected chi connectivity index (χ1v) is 12.4. The Balaban J connectivity index is 1.68. The summed E-state index contributed by atoms with van der Waals surface area (Å²) in [6.07, 6.45) is -0.458. The number of hydrogen-bond acceptors (Lipinski definition) is 5. The lowest BCUT2D eigenvalue weighted by Gasteiger charge is -2.49. The molecule has 5 heterocycles. The van der Waals surface area contributed by atoms with E-state index in [1.54, 1.807) is 7.11 Å². The van der Waals surface area contributed by atoms with Crippen molar-refractivity contribution < 1.29 is 24.3 Å². The number of para-hydroxylation sites is 2. The Kier molecular flexibility index (Phi) is 3.94. The van der Waals surface area contributed by atoms with E-state index in [2.05, 4.69) is 20.5 Å². The highest BCUT2D eigenvalue weighted by Crippen LogP contribution is 2.54. The third-order valence-electron chi connectivity index (χ3n) is 8.64. The summed E-state index contributed by atoms with van der Waals surface area (Å²) in [6.45, 7) is 2.41. The van der Waals surface area contributed by atoms with Gasteiger partial charge >= 0.3 is 0 Å². The molecule has 3 aliphatic heterocycles. The number of hydrogen-bond donors (Lipinski definition) is 2. The van der Waals surface area contributed by atoms with E-state index in [4.69, 9.17) is 9.47 Å². The topological polar surface area (TPSA) is 98.0 Å². The smallest absolute Gasteiger partial charge is 0.252 e. The zero-order chi connectivity index (χ0) is 25.2. The van der Waals surface area contributed by atoms with Crippen LogP contribution in [0.5, 0.6) is 0 Å². The lowest BCUT2D eigenvalue weighted by molar-refractivity contribution is -0.289. The third kappa shape index (κ3) is 2.31. The Morgan fingerprint density at radius 2 is 1.81 bits per heavy atom. The molecule has 2 aromatic heterocycles. The maximum absolute atomic E-state index is 13.3. The van der Waals surface area contributed by atoms with Gasteiger partial charge in [-0.15, -0.1) is 0 Å². The summed E-state index contributed by atoms with van der Waals surface area (Å²) in [6, 6.07) is 15.5. The first-order chi connectivity index (χ1) is 18.0. The first kappa shape index (κ1) is 21.2. The molecule has 2 bridgehead atoms. The molecule has 37 heavy (non-hydrogen) atoms. The molecule has 3 aromatic carbocycles. The fourth-order valence-electron chi connectivity index (χ4n) is 7.36. The van der Waals surface area contributed by atoms with Crippen LogP contribution in [0.3, 0.4) is 0 Å². The van der Waals surface area contributed by atoms with Crippen LogP contribution >= 0.6 is 0 Å². The van der Waals surface area contributed by atoms with Gasteiger partial charge in [0.05, 0.1) is 33.7 Å². The van der Waals surface area contributed by atoms with Crippen LogP contribution in [-0.2, 0) is 26.5 Å². The molecule has 9 nitrogen and oxygen atoms in total. The third-order valence-corrected chi connectivity index (χ3v) is 8.64. The number of ether oxygens (including phenoxy) is 2. The summed E-state index contributed by atoms with van der Waals surface area (Å²) < 4.78 is 17.3. The normalized spacial score (nSPS) is 26.2. The lowest BCUT2D eigenvalue weighted by atomic mass is 9.92. The summed E-state index contributed by atoms with van der Waals surface area (Å²) in [5.41, 5.74) is 4.36. The Hall–Kier alpha value is -3.92. The van der Waals surface area contributed by atoms with Crippen molar-refractivity contribution >= 4 is 55.9 Å². The summed E-state index contributed by atoms with van der Waals surface area (Å²) in [4.78, 5) is 25.1. The van der Waals surface area contributed by atoms with Gasteiger partial charge in [0, 0.05) is 41.6 Å². The van der Waals surface area contributed by atoms with Crippen molar-refractivity contribution in [1.29, 1.82) is 0 Å². The molecular weight excluding hydrogens is 472 g/mol. The van der Waals surface area contributed by atoms with Gasteiger partial charge in [0.1, 0.15) is 12.3 Å². The zero-order valence-electron chi connectivity index (χ0n) is 20.3. The highest BCUT2D eigenvalue weighted by molar-refractivity contribution is 6.31. The van der Waals surface area contributed by atoms with Crippen molar-refractivity contribution in [3.8, 4) is 0 Å². The second-order valence-electron chi connectivity index (χ2n) is 10.3. The Labute approximate surface area is 210 Å². The molecule has 1 saturated heterocycles. The number of carbonyl (C=O) groups excluding carboxylic acids is 2. The number of nitrogens with one attached hydrogen (secondary N) is 1. The monoisotopic (exact) mass is 496 g/mol. The number of amides is 2. The summed E-state index contributed by atoms with van der Waals surface area (Å²) in [5, 5.41) is 18.4. The van der Waals surface area contributed by atoms with Crippen LogP contribution in [0.15, 0.2) is 48.5 Å². The van der Waals surface area contributed by atoms with E-state index in [0.29, 0.717) is 30.0 Å². The van der Waals surface area contributed by atoms with Gasteiger partial charge in [0.2, 0.25) is 6.41 Å². The average molecular weight is 497 g/mol. The van der Waals surface area contributed by atoms with Gasteiger partial charge in [-0.25, -0.2) is 5.06 Å². The Morgan fingerprint density at radius 1 is 1.11 bits per heavy atom. The van der Waals surface area contributed by atoms with Gasteiger partial charge in [0.25, 0.3) is 5.91 Å². The van der Waals surface area contributed by atoms with Crippen LogP contribution in [-0.4, -0.2) is 51.0 Å². The van der Waals surface area contributed by atoms with Crippen LogP contribution in [0.2, 0.25) is 0 Å². The molecule has 1 fully saturated rings.